The molecular weight excluding hydrogens is 300 g/mol. The predicted octanol–water partition coefficient (Wildman–Crippen LogP) is 4.73. The van der Waals surface area contributed by atoms with Gasteiger partial charge in [-0.2, -0.15) is 0 Å². The summed E-state index contributed by atoms with van der Waals surface area (Å²) in [5, 5.41) is 8.81. The Morgan fingerprint density at radius 1 is 1.00 bits per heavy atom. The molecule has 0 spiro atoms. The molecular formula is C20H37N2O2+. The predicted molar refractivity (Wildman–Crippen MR) is 98.1 cm³/mol. The Hall–Kier alpha value is -1.32. The lowest BCUT2D eigenvalue weighted by Gasteiger charge is -2.05. The molecule has 1 N–H and O–H groups in total. The van der Waals surface area contributed by atoms with Crippen molar-refractivity contribution >= 4 is 5.97 Å². The quantitative estimate of drug-likeness (QED) is 0.371. The van der Waals surface area contributed by atoms with Gasteiger partial charge >= 0.3 is 5.97 Å². The monoisotopic (exact) mass is 337 g/mol. The van der Waals surface area contributed by atoms with Gasteiger partial charge < -0.3 is 5.11 Å². The van der Waals surface area contributed by atoms with E-state index in [4.69, 9.17) is 5.11 Å². The van der Waals surface area contributed by atoms with Crippen molar-refractivity contribution in [2.75, 3.05) is 0 Å². The molecule has 0 atom stereocenters. The summed E-state index contributed by atoms with van der Waals surface area (Å²) < 4.78 is 4.61. The lowest BCUT2D eigenvalue weighted by atomic mass is 10.1. The molecule has 24 heavy (non-hydrogen) atoms. The minimum Gasteiger partial charge on any atom is -0.481 e. The molecule has 0 bridgehead atoms. The van der Waals surface area contributed by atoms with Crippen LogP contribution in [0.25, 0.3) is 0 Å². The molecule has 4 heteroatoms. The summed E-state index contributed by atoms with van der Waals surface area (Å²) in [5.74, 6) is 0.668. The van der Waals surface area contributed by atoms with E-state index in [2.05, 4.69) is 35.4 Å². The number of carbonyl (C=O) groups is 1. The number of carboxylic acids is 1. The Morgan fingerprint density at radius 3 is 2.29 bits per heavy atom. The summed E-state index contributed by atoms with van der Waals surface area (Å²) in [7, 11) is 0. The maximum absolute atomic E-state index is 10.7. The molecule has 0 saturated heterocycles. The molecule has 0 aliphatic rings. The first-order valence-electron chi connectivity index (χ1n) is 9.98. The fraction of sp³-hybridized carbons (Fsp3) is 0.800. The number of aryl methyl sites for hydroxylation is 2. The van der Waals surface area contributed by atoms with Crippen molar-refractivity contribution in [1.29, 1.82) is 0 Å². The zero-order chi connectivity index (χ0) is 17.6. The molecule has 0 saturated carbocycles. The maximum atomic E-state index is 10.7. The van der Waals surface area contributed by atoms with E-state index in [0.717, 1.165) is 25.9 Å². The SMILES string of the molecule is CCCCCCCCCCc1n(CCCC(=O)O)cc[n+]1CCC. The molecule has 1 aromatic rings. The summed E-state index contributed by atoms with van der Waals surface area (Å²) in [5.41, 5.74) is 0. The van der Waals surface area contributed by atoms with Crippen LogP contribution in [-0.4, -0.2) is 15.6 Å². The highest BCUT2D eigenvalue weighted by Gasteiger charge is 2.16. The molecule has 1 aromatic heterocycles. The second-order valence-corrected chi connectivity index (χ2v) is 6.82. The van der Waals surface area contributed by atoms with Gasteiger partial charge in [-0.1, -0.05) is 58.8 Å². The summed E-state index contributed by atoms with van der Waals surface area (Å²) in [6.07, 6.45) is 18.2. The smallest absolute Gasteiger partial charge is 0.303 e. The van der Waals surface area contributed by atoms with Crippen molar-refractivity contribution < 1.29 is 14.5 Å². The van der Waals surface area contributed by atoms with Crippen LogP contribution in [0.1, 0.15) is 90.3 Å². The van der Waals surface area contributed by atoms with Crippen LogP contribution in [0.5, 0.6) is 0 Å². The van der Waals surface area contributed by atoms with E-state index in [-0.39, 0.29) is 6.42 Å². The third kappa shape index (κ3) is 8.51. The first-order chi connectivity index (χ1) is 11.7. The van der Waals surface area contributed by atoms with Crippen molar-refractivity contribution in [3.8, 4) is 0 Å². The maximum Gasteiger partial charge on any atom is 0.303 e. The van der Waals surface area contributed by atoms with Crippen LogP contribution in [0, 0.1) is 0 Å². The Labute approximate surface area is 147 Å². The average molecular weight is 338 g/mol. The number of imidazole rings is 1. The van der Waals surface area contributed by atoms with Gasteiger partial charge in [0, 0.05) is 12.8 Å². The normalized spacial score (nSPS) is 11.1. The van der Waals surface area contributed by atoms with E-state index >= 15 is 0 Å². The van der Waals surface area contributed by atoms with Crippen LogP contribution in [-0.2, 0) is 24.3 Å². The van der Waals surface area contributed by atoms with E-state index in [0.29, 0.717) is 6.42 Å². The molecule has 0 amide bonds. The number of carboxylic acid groups (broad SMARTS) is 1. The molecule has 0 unspecified atom stereocenters. The van der Waals surface area contributed by atoms with Gasteiger partial charge in [-0.3, -0.25) is 4.79 Å². The van der Waals surface area contributed by atoms with Crippen molar-refractivity contribution in [3.63, 3.8) is 0 Å². The van der Waals surface area contributed by atoms with Gasteiger partial charge in [-0.15, -0.1) is 0 Å². The number of unbranched alkanes of at least 4 members (excludes halogenated alkanes) is 7. The summed E-state index contributed by atoms with van der Waals surface area (Å²) >= 11 is 0. The Balaban J connectivity index is 2.37. The molecule has 138 valence electrons. The molecule has 0 aromatic carbocycles. The molecule has 1 heterocycles. The average Bonchev–Trinajstić information content (AvgIpc) is 2.92. The molecule has 0 radical (unpaired) electrons. The number of hydrogen-bond acceptors (Lipinski definition) is 1. The van der Waals surface area contributed by atoms with E-state index in [9.17, 15) is 4.79 Å². The number of aliphatic carboxylic acids is 1. The second-order valence-electron chi connectivity index (χ2n) is 6.82. The van der Waals surface area contributed by atoms with Crippen LogP contribution in [0.3, 0.4) is 0 Å². The van der Waals surface area contributed by atoms with Gasteiger partial charge in [0.2, 0.25) is 0 Å². The third-order valence-electron chi connectivity index (χ3n) is 4.60. The highest BCUT2D eigenvalue weighted by atomic mass is 16.4. The van der Waals surface area contributed by atoms with Crippen molar-refractivity contribution in [3.05, 3.63) is 18.2 Å². The fourth-order valence-electron chi connectivity index (χ4n) is 3.25. The van der Waals surface area contributed by atoms with Gasteiger partial charge in [-0.05, 0) is 19.3 Å². The molecule has 4 nitrogen and oxygen atoms in total. The molecule has 0 fully saturated rings. The van der Waals surface area contributed by atoms with E-state index in [1.807, 2.05) is 0 Å². The largest absolute Gasteiger partial charge is 0.481 e. The number of aromatic nitrogens is 2. The minimum absolute atomic E-state index is 0.253. The van der Waals surface area contributed by atoms with Crippen LogP contribution in [0.4, 0.5) is 0 Å². The van der Waals surface area contributed by atoms with Crippen LogP contribution in [0.2, 0.25) is 0 Å². The molecule has 0 aliphatic heterocycles. The highest BCUT2D eigenvalue weighted by Crippen LogP contribution is 2.11. The Kier molecular flexibility index (Phi) is 11.2. The second kappa shape index (κ2) is 13.0. The first-order valence-corrected chi connectivity index (χ1v) is 9.98. The number of nitrogens with zero attached hydrogens (tertiary/aromatic N) is 2. The summed E-state index contributed by atoms with van der Waals surface area (Å²) in [4.78, 5) is 10.7. The summed E-state index contributed by atoms with van der Waals surface area (Å²) in [6.45, 7) is 6.33. The van der Waals surface area contributed by atoms with E-state index in [1.54, 1.807) is 0 Å². The first kappa shape index (κ1) is 20.7. The van der Waals surface area contributed by atoms with Gasteiger partial charge in [0.15, 0.2) is 0 Å². The number of hydrogen-bond donors (Lipinski definition) is 1. The zero-order valence-corrected chi connectivity index (χ0v) is 15.8. The van der Waals surface area contributed by atoms with Crippen LogP contribution in [0.15, 0.2) is 12.4 Å². The standard InChI is InChI=1S/C20H36N2O2/c1-3-5-6-7-8-9-10-11-13-19-21(15-4-2)17-18-22(19)16-12-14-20(23)24/h17-18H,3-16H2,1-2H3/p+1. The Morgan fingerprint density at radius 2 is 1.67 bits per heavy atom. The van der Waals surface area contributed by atoms with Crippen molar-refractivity contribution in [2.24, 2.45) is 0 Å². The summed E-state index contributed by atoms with van der Waals surface area (Å²) in [6, 6.07) is 0. The van der Waals surface area contributed by atoms with Crippen LogP contribution >= 0.6 is 0 Å². The van der Waals surface area contributed by atoms with E-state index < -0.39 is 5.97 Å². The lowest BCUT2D eigenvalue weighted by Crippen LogP contribution is -2.37. The topological polar surface area (TPSA) is 46.1 Å². The molecule has 1 rings (SSSR count). The number of rotatable bonds is 15. The fourth-order valence-corrected chi connectivity index (χ4v) is 3.25. The van der Waals surface area contributed by atoms with Gasteiger partial charge in [-0.25, -0.2) is 9.13 Å². The van der Waals surface area contributed by atoms with E-state index in [1.165, 1.54) is 57.2 Å². The molecule has 0 aliphatic carbocycles. The van der Waals surface area contributed by atoms with Gasteiger partial charge in [0.25, 0.3) is 5.82 Å². The van der Waals surface area contributed by atoms with Crippen LogP contribution < -0.4 is 4.57 Å². The third-order valence-corrected chi connectivity index (χ3v) is 4.60. The Bertz CT molecular complexity index is 454. The van der Waals surface area contributed by atoms with Gasteiger partial charge in [0.1, 0.15) is 12.4 Å². The van der Waals surface area contributed by atoms with Crippen molar-refractivity contribution in [2.45, 2.75) is 104 Å². The zero-order valence-electron chi connectivity index (χ0n) is 15.8. The highest BCUT2D eigenvalue weighted by molar-refractivity contribution is 5.66. The lowest BCUT2D eigenvalue weighted by molar-refractivity contribution is -0.703. The van der Waals surface area contributed by atoms with Gasteiger partial charge in [0.05, 0.1) is 13.1 Å². The minimum atomic E-state index is -0.701. The van der Waals surface area contributed by atoms with Crippen molar-refractivity contribution in [1.82, 2.24) is 4.57 Å².